The minimum Gasteiger partial charge on any atom is -0.480 e. The minimum atomic E-state index is -0.914. The Labute approximate surface area is 111 Å². The number of thioether (sulfide) groups is 1. The Morgan fingerprint density at radius 3 is 2.67 bits per heavy atom. The maximum Gasteiger partial charge on any atom is 0.327 e. The summed E-state index contributed by atoms with van der Waals surface area (Å²) in [6.45, 7) is 2.56. The van der Waals surface area contributed by atoms with E-state index in [1.54, 1.807) is 0 Å². The molecule has 2 unspecified atom stereocenters. The third kappa shape index (κ3) is 2.91. The van der Waals surface area contributed by atoms with Crippen molar-refractivity contribution in [3.05, 3.63) is 0 Å². The van der Waals surface area contributed by atoms with Crippen molar-refractivity contribution >= 4 is 23.8 Å². The third-order valence-corrected chi connectivity index (χ3v) is 4.98. The largest absolute Gasteiger partial charge is 0.480 e. The number of nitrogens with one attached hydrogen (secondary N) is 1. The lowest BCUT2D eigenvalue weighted by Gasteiger charge is -2.26. The smallest absolute Gasteiger partial charge is 0.327 e. The zero-order valence-electron chi connectivity index (χ0n) is 10.6. The lowest BCUT2D eigenvalue weighted by atomic mass is 10.1. The number of carboxylic acids is 1. The highest BCUT2D eigenvalue weighted by molar-refractivity contribution is 8.00. The van der Waals surface area contributed by atoms with E-state index < -0.39 is 12.0 Å². The molecular weight excluding hydrogens is 252 g/mol. The molecule has 1 saturated carbocycles. The summed E-state index contributed by atoms with van der Waals surface area (Å²) in [5.41, 5.74) is 0. The first-order valence-corrected chi connectivity index (χ1v) is 7.55. The molecule has 1 aliphatic heterocycles. The fraction of sp³-hybridized carbons (Fsp3) is 0.833. The Morgan fingerprint density at radius 1 is 1.39 bits per heavy atom. The highest BCUT2D eigenvalue weighted by Crippen LogP contribution is 2.29. The third-order valence-electron chi connectivity index (χ3n) is 3.76. The number of hydrogen-bond donors (Lipinski definition) is 2. The van der Waals surface area contributed by atoms with Gasteiger partial charge in [-0.2, -0.15) is 0 Å². The molecule has 0 aromatic rings. The highest BCUT2D eigenvalue weighted by Gasteiger charge is 2.39. The van der Waals surface area contributed by atoms with E-state index in [9.17, 15) is 9.59 Å². The second kappa shape index (κ2) is 5.82. The molecule has 18 heavy (non-hydrogen) atoms. The van der Waals surface area contributed by atoms with Gasteiger partial charge in [0.05, 0.1) is 5.37 Å². The van der Waals surface area contributed by atoms with E-state index in [2.05, 4.69) is 5.32 Å². The predicted molar refractivity (Wildman–Crippen MR) is 70.5 cm³/mol. The quantitative estimate of drug-likeness (QED) is 0.821. The van der Waals surface area contributed by atoms with E-state index in [0.717, 1.165) is 0 Å². The van der Waals surface area contributed by atoms with Gasteiger partial charge in [0, 0.05) is 12.3 Å². The van der Waals surface area contributed by atoms with Gasteiger partial charge in [-0.05, 0) is 25.7 Å². The number of hydrogen-bond acceptors (Lipinski definition) is 3. The molecule has 2 N–H and O–H groups in total. The first-order chi connectivity index (χ1) is 8.59. The molecule has 5 nitrogen and oxygen atoms in total. The number of amides is 2. The first-order valence-electron chi connectivity index (χ1n) is 6.50. The summed E-state index contributed by atoms with van der Waals surface area (Å²) >= 11 is 1.51. The molecular formula is C12H20N2O3S. The van der Waals surface area contributed by atoms with Crippen LogP contribution in [0.15, 0.2) is 0 Å². The fourth-order valence-electron chi connectivity index (χ4n) is 2.68. The minimum absolute atomic E-state index is 0.0605. The average Bonchev–Trinajstić information content (AvgIpc) is 2.94. The van der Waals surface area contributed by atoms with Crippen LogP contribution >= 0.6 is 11.8 Å². The van der Waals surface area contributed by atoms with E-state index in [0.29, 0.717) is 18.2 Å². The van der Waals surface area contributed by atoms with Crippen LogP contribution < -0.4 is 5.32 Å². The van der Waals surface area contributed by atoms with Crippen molar-refractivity contribution < 1.29 is 14.7 Å². The molecule has 0 spiro atoms. The van der Waals surface area contributed by atoms with Gasteiger partial charge in [0.2, 0.25) is 0 Å². The monoisotopic (exact) mass is 272 g/mol. The van der Waals surface area contributed by atoms with Crippen molar-refractivity contribution in [3.8, 4) is 0 Å². The molecule has 0 bridgehead atoms. The Hall–Kier alpha value is -0.910. The zero-order chi connectivity index (χ0) is 13.1. The van der Waals surface area contributed by atoms with E-state index in [1.165, 1.54) is 42.3 Å². The molecule has 0 radical (unpaired) electrons. The van der Waals surface area contributed by atoms with Crippen molar-refractivity contribution in [1.29, 1.82) is 0 Å². The van der Waals surface area contributed by atoms with E-state index in [4.69, 9.17) is 5.11 Å². The predicted octanol–water partition coefficient (Wildman–Crippen LogP) is 1.73. The van der Waals surface area contributed by atoms with Gasteiger partial charge in [-0.15, -0.1) is 11.8 Å². The number of aliphatic carboxylic acids is 1. The van der Waals surface area contributed by atoms with Crippen LogP contribution in [-0.4, -0.2) is 45.7 Å². The molecule has 1 heterocycles. The van der Waals surface area contributed by atoms with E-state index in [1.807, 2.05) is 6.92 Å². The second-order valence-electron chi connectivity index (χ2n) is 5.03. The molecule has 2 fully saturated rings. The van der Waals surface area contributed by atoms with Crippen LogP contribution in [0.3, 0.4) is 0 Å². The van der Waals surface area contributed by atoms with Gasteiger partial charge in [-0.25, -0.2) is 9.59 Å². The molecule has 0 aromatic carbocycles. The molecule has 102 valence electrons. The van der Waals surface area contributed by atoms with Crippen molar-refractivity contribution in [2.24, 2.45) is 5.92 Å². The maximum absolute atomic E-state index is 12.1. The van der Waals surface area contributed by atoms with Gasteiger partial charge in [0.25, 0.3) is 0 Å². The van der Waals surface area contributed by atoms with Crippen LogP contribution in [0.5, 0.6) is 0 Å². The highest BCUT2D eigenvalue weighted by atomic mass is 32.2. The standard InChI is InChI=1S/C12H20N2O3S/c1-8-14(10(7-18-8)11(15)16)12(17)13-6-9-4-2-3-5-9/h8-10H,2-7H2,1H3,(H,13,17)(H,15,16). The zero-order valence-corrected chi connectivity index (χ0v) is 11.4. The van der Waals surface area contributed by atoms with Gasteiger partial charge in [-0.1, -0.05) is 12.8 Å². The normalized spacial score (nSPS) is 28.6. The van der Waals surface area contributed by atoms with Crippen LogP contribution in [0, 0.1) is 5.92 Å². The summed E-state index contributed by atoms with van der Waals surface area (Å²) in [5, 5.41) is 11.9. The maximum atomic E-state index is 12.1. The molecule has 2 aliphatic rings. The van der Waals surface area contributed by atoms with Crippen LogP contribution in [-0.2, 0) is 4.79 Å². The molecule has 6 heteroatoms. The van der Waals surface area contributed by atoms with Gasteiger partial charge in [-0.3, -0.25) is 4.90 Å². The van der Waals surface area contributed by atoms with Crippen LogP contribution in [0.2, 0.25) is 0 Å². The summed E-state index contributed by atoms with van der Waals surface area (Å²) in [5.74, 6) is 0.138. The summed E-state index contributed by atoms with van der Waals surface area (Å²) in [4.78, 5) is 24.6. The van der Waals surface area contributed by atoms with Crippen molar-refractivity contribution in [3.63, 3.8) is 0 Å². The van der Waals surface area contributed by atoms with Gasteiger partial charge in [0.15, 0.2) is 0 Å². The van der Waals surface area contributed by atoms with Crippen molar-refractivity contribution in [1.82, 2.24) is 10.2 Å². The first kappa shape index (κ1) is 13.5. The Balaban J connectivity index is 1.87. The lowest BCUT2D eigenvalue weighted by Crippen LogP contribution is -2.50. The number of carboxylic acid groups (broad SMARTS) is 1. The fourth-order valence-corrected chi connectivity index (χ4v) is 3.85. The van der Waals surface area contributed by atoms with Gasteiger partial charge in [0.1, 0.15) is 6.04 Å². The number of nitrogens with zero attached hydrogens (tertiary/aromatic N) is 1. The second-order valence-corrected chi connectivity index (χ2v) is 6.38. The Morgan fingerprint density at radius 2 is 2.06 bits per heavy atom. The summed E-state index contributed by atoms with van der Waals surface area (Å²) in [6, 6.07) is -0.916. The topological polar surface area (TPSA) is 69.6 Å². The number of carbonyl (C=O) groups is 2. The lowest BCUT2D eigenvalue weighted by molar-refractivity contribution is -0.141. The molecule has 2 rings (SSSR count). The van der Waals surface area contributed by atoms with Crippen molar-refractivity contribution in [2.45, 2.75) is 44.0 Å². The Bertz CT molecular complexity index is 331. The summed E-state index contributed by atoms with van der Waals surface area (Å²) in [7, 11) is 0. The Kier molecular flexibility index (Phi) is 4.37. The molecule has 0 aromatic heterocycles. The van der Waals surface area contributed by atoms with Gasteiger partial charge >= 0.3 is 12.0 Å². The average molecular weight is 272 g/mol. The van der Waals surface area contributed by atoms with E-state index >= 15 is 0 Å². The van der Waals surface area contributed by atoms with Crippen LogP contribution in [0.25, 0.3) is 0 Å². The van der Waals surface area contributed by atoms with Gasteiger partial charge < -0.3 is 10.4 Å². The summed E-state index contributed by atoms with van der Waals surface area (Å²) < 4.78 is 0. The van der Waals surface area contributed by atoms with Crippen molar-refractivity contribution in [2.75, 3.05) is 12.3 Å². The SMILES string of the molecule is CC1SCC(C(=O)O)N1C(=O)NCC1CCCC1. The number of urea groups is 1. The van der Waals surface area contributed by atoms with Crippen LogP contribution in [0.4, 0.5) is 4.79 Å². The van der Waals surface area contributed by atoms with Crippen LogP contribution in [0.1, 0.15) is 32.6 Å². The molecule has 1 saturated heterocycles. The molecule has 1 aliphatic carbocycles. The molecule has 2 atom stereocenters. The van der Waals surface area contributed by atoms with E-state index in [-0.39, 0.29) is 11.4 Å². The summed E-state index contributed by atoms with van der Waals surface area (Å²) in [6.07, 6.45) is 4.84. The number of carbonyl (C=O) groups excluding carboxylic acids is 1. The number of rotatable bonds is 3. The molecule has 2 amide bonds.